The Morgan fingerprint density at radius 2 is 1.85 bits per heavy atom. The number of benzene rings is 2. The predicted molar refractivity (Wildman–Crippen MR) is 175 cm³/mol. The van der Waals surface area contributed by atoms with E-state index in [0.717, 1.165) is 17.5 Å². The first-order valence-electron chi connectivity index (χ1n) is 16.7. The molecular weight excluding hydrogens is 620 g/mol. The molecule has 3 aliphatic heterocycles. The normalized spacial score (nSPS) is 26.9. The molecule has 48 heavy (non-hydrogen) atoms. The molecule has 6 rings (SSSR count). The molecule has 4 aliphatic rings. The molecule has 3 amide bonds. The third-order valence-corrected chi connectivity index (χ3v) is 10.5. The molecule has 0 spiro atoms. The number of likely N-dealkylation sites (tertiary alicyclic amines) is 1. The summed E-state index contributed by atoms with van der Waals surface area (Å²) >= 11 is 0. The van der Waals surface area contributed by atoms with E-state index in [0.29, 0.717) is 64.0 Å². The summed E-state index contributed by atoms with van der Waals surface area (Å²) in [6.07, 6.45) is 7.60. The Hall–Kier alpha value is -3.93. The van der Waals surface area contributed by atoms with E-state index in [2.05, 4.69) is 0 Å². The molecule has 3 heterocycles. The fraction of sp³-hybridized carbons (Fsp3) is 0.486. The van der Waals surface area contributed by atoms with Crippen molar-refractivity contribution < 1.29 is 37.7 Å². The Morgan fingerprint density at radius 3 is 2.48 bits per heavy atom. The molecule has 3 saturated heterocycles. The number of carbonyl (C=O) groups excluding carboxylic acids is 3. The van der Waals surface area contributed by atoms with Crippen molar-refractivity contribution in [3.05, 3.63) is 89.5 Å². The molecule has 1 aliphatic carbocycles. The monoisotopic (exact) mass is 663 g/mol. The summed E-state index contributed by atoms with van der Waals surface area (Å²) in [6.45, 7) is 2.99. The van der Waals surface area contributed by atoms with Gasteiger partial charge in [-0.3, -0.25) is 14.4 Å². The standard InChI is InChI=1S/C37H43F2N3O6/c1-36(17-15-27(39)16-18-36)31(43)13-12-29-33(42(35(29)46)28-10-8-26(38)9-11-28)25-6-4-24(5-7-25)14-19-37(22-47-23-37)48-21-32(44)41-20-2-3-30(41)34(40)45/h4-11,15-17,29-31,33,43H,2-3,12-14,18-23H2,1H3,(H2,40,45)/t29-,30?,31?,33-,36?/m1/s1. The first-order valence-corrected chi connectivity index (χ1v) is 16.7. The maximum atomic E-state index is 13.7. The van der Waals surface area contributed by atoms with Crippen LogP contribution in [0.1, 0.15) is 62.6 Å². The largest absolute Gasteiger partial charge is 0.392 e. The fourth-order valence-corrected chi connectivity index (χ4v) is 7.28. The Bertz CT molecular complexity index is 1570. The van der Waals surface area contributed by atoms with Gasteiger partial charge < -0.3 is 30.1 Å². The summed E-state index contributed by atoms with van der Waals surface area (Å²) in [7, 11) is 0. The lowest BCUT2D eigenvalue weighted by molar-refractivity contribution is -0.214. The average Bonchev–Trinajstić information content (AvgIpc) is 3.56. The smallest absolute Gasteiger partial charge is 0.249 e. The zero-order chi connectivity index (χ0) is 34.1. The highest BCUT2D eigenvalue weighted by molar-refractivity contribution is 6.03. The lowest BCUT2D eigenvalue weighted by atomic mass is 9.73. The number of halogens is 2. The van der Waals surface area contributed by atoms with Gasteiger partial charge in [-0.15, -0.1) is 0 Å². The van der Waals surface area contributed by atoms with Gasteiger partial charge in [0.15, 0.2) is 0 Å². The number of ether oxygens (including phenoxy) is 2. The van der Waals surface area contributed by atoms with Crippen molar-refractivity contribution in [2.75, 3.05) is 31.3 Å². The van der Waals surface area contributed by atoms with E-state index < -0.39 is 29.1 Å². The molecular formula is C37H43F2N3O6. The van der Waals surface area contributed by atoms with Crippen LogP contribution in [0.2, 0.25) is 0 Å². The van der Waals surface area contributed by atoms with Crippen LogP contribution in [-0.2, 0) is 30.3 Å². The van der Waals surface area contributed by atoms with E-state index in [1.54, 1.807) is 23.1 Å². The van der Waals surface area contributed by atoms with Crippen LogP contribution in [0.4, 0.5) is 14.5 Å². The summed E-state index contributed by atoms with van der Waals surface area (Å²) in [4.78, 5) is 41.2. The summed E-state index contributed by atoms with van der Waals surface area (Å²) in [5.41, 5.74) is 6.84. The van der Waals surface area contributed by atoms with Crippen molar-refractivity contribution in [1.82, 2.24) is 4.90 Å². The van der Waals surface area contributed by atoms with Crippen LogP contribution in [0.15, 0.2) is 72.6 Å². The number of aliphatic hydroxyl groups excluding tert-OH is 1. The van der Waals surface area contributed by atoms with Gasteiger partial charge in [0.1, 0.15) is 29.9 Å². The minimum atomic E-state index is -0.756. The second-order valence-corrected chi connectivity index (χ2v) is 13.8. The van der Waals surface area contributed by atoms with Gasteiger partial charge in [-0.2, -0.15) is 0 Å². The lowest BCUT2D eigenvalue weighted by Gasteiger charge is -2.48. The van der Waals surface area contributed by atoms with Gasteiger partial charge in [-0.1, -0.05) is 37.3 Å². The van der Waals surface area contributed by atoms with Gasteiger partial charge >= 0.3 is 0 Å². The van der Waals surface area contributed by atoms with Crippen LogP contribution >= 0.6 is 0 Å². The van der Waals surface area contributed by atoms with E-state index in [4.69, 9.17) is 15.2 Å². The maximum Gasteiger partial charge on any atom is 0.249 e. The summed E-state index contributed by atoms with van der Waals surface area (Å²) in [5, 5.41) is 11.1. The Morgan fingerprint density at radius 1 is 1.12 bits per heavy atom. The van der Waals surface area contributed by atoms with Gasteiger partial charge in [-0.25, -0.2) is 8.78 Å². The van der Waals surface area contributed by atoms with E-state index in [1.165, 1.54) is 29.2 Å². The summed E-state index contributed by atoms with van der Waals surface area (Å²) in [5.74, 6) is -1.92. The highest BCUT2D eigenvalue weighted by Gasteiger charge is 2.49. The highest BCUT2D eigenvalue weighted by atomic mass is 19.1. The lowest BCUT2D eigenvalue weighted by Crippen LogP contribution is -2.55. The number of hydrogen-bond donors (Lipinski definition) is 2. The first-order chi connectivity index (χ1) is 23.0. The van der Waals surface area contributed by atoms with Gasteiger partial charge in [0.05, 0.1) is 31.3 Å². The van der Waals surface area contributed by atoms with E-state index in [9.17, 15) is 28.3 Å². The molecule has 0 saturated carbocycles. The molecule has 0 aromatic heterocycles. The fourth-order valence-electron chi connectivity index (χ4n) is 7.28. The Labute approximate surface area is 279 Å². The number of nitrogens with zero attached hydrogens (tertiary/aromatic N) is 2. The Kier molecular flexibility index (Phi) is 9.83. The molecule has 9 nitrogen and oxygen atoms in total. The second kappa shape index (κ2) is 13.9. The number of hydrogen-bond acceptors (Lipinski definition) is 6. The maximum absolute atomic E-state index is 13.7. The second-order valence-electron chi connectivity index (χ2n) is 13.8. The van der Waals surface area contributed by atoms with Crippen LogP contribution in [0.25, 0.3) is 0 Å². The first kappa shape index (κ1) is 34.0. The van der Waals surface area contributed by atoms with Crippen molar-refractivity contribution in [1.29, 1.82) is 0 Å². The molecule has 11 heteroatoms. The third kappa shape index (κ3) is 6.95. The number of β-lactam (4-membered cyclic amide) rings is 1. The summed E-state index contributed by atoms with van der Waals surface area (Å²) < 4.78 is 38.9. The zero-order valence-corrected chi connectivity index (χ0v) is 27.2. The number of allylic oxidation sites excluding steroid dienone is 3. The minimum Gasteiger partial charge on any atom is -0.392 e. The number of carbonyl (C=O) groups is 3. The van der Waals surface area contributed by atoms with Gasteiger partial charge in [0.25, 0.3) is 0 Å². The molecule has 0 radical (unpaired) electrons. The number of anilines is 1. The number of aryl methyl sites for hydroxylation is 1. The molecule has 2 aromatic carbocycles. The van der Waals surface area contributed by atoms with E-state index in [-0.39, 0.29) is 42.0 Å². The summed E-state index contributed by atoms with van der Waals surface area (Å²) in [6, 6.07) is 13.0. The quantitative estimate of drug-likeness (QED) is 0.300. The van der Waals surface area contributed by atoms with Crippen LogP contribution in [0.5, 0.6) is 0 Å². The topological polar surface area (TPSA) is 122 Å². The van der Waals surface area contributed by atoms with Crippen molar-refractivity contribution in [3.63, 3.8) is 0 Å². The molecule has 5 atom stereocenters. The highest BCUT2D eigenvalue weighted by Crippen LogP contribution is 2.47. The van der Waals surface area contributed by atoms with E-state index >= 15 is 0 Å². The molecule has 256 valence electrons. The third-order valence-electron chi connectivity index (χ3n) is 10.5. The number of rotatable bonds is 13. The Balaban J connectivity index is 1.10. The van der Waals surface area contributed by atoms with Crippen molar-refractivity contribution in [2.45, 2.75) is 75.7 Å². The van der Waals surface area contributed by atoms with Crippen LogP contribution in [0, 0.1) is 17.2 Å². The molecule has 0 bridgehead atoms. The zero-order valence-electron chi connectivity index (χ0n) is 27.2. The van der Waals surface area contributed by atoms with Crippen LogP contribution in [-0.4, -0.2) is 71.8 Å². The van der Waals surface area contributed by atoms with E-state index in [1.807, 2.05) is 31.2 Å². The predicted octanol–water partition coefficient (Wildman–Crippen LogP) is 4.69. The SMILES string of the molecule is CC1(C(O)CC[C@H]2C(=O)N(c3ccc(F)cc3)[C@@H]2c2ccc(CCC3(OCC(=O)N4CCCC4C(N)=O)COC3)cc2)C=CC(F)=CC1. The molecule has 3 N–H and O–H groups in total. The molecule has 2 aromatic rings. The van der Waals surface area contributed by atoms with Crippen LogP contribution in [0.3, 0.4) is 0 Å². The van der Waals surface area contributed by atoms with Gasteiger partial charge in [0, 0.05) is 17.6 Å². The van der Waals surface area contributed by atoms with Crippen LogP contribution < -0.4 is 10.6 Å². The average molecular weight is 664 g/mol. The molecule has 3 fully saturated rings. The molecule has 3 unspecified atom stereocenters. The van der Waals surface area contributed by atoms with Gasteiger partial charge in [0.2, 0.25) is 17.7 Å². The number of amides is 3. The number of nitrogens with two attached hydrogens (primary N) is 1. The van der Waals surface area contributed by atoms with Crippen molar-refractivity contribution in [2.24, 2.45) is 17.1 Å². The van der Waals surface area contributed by atoms with Crippen molar-refractivity contribution in [3.8, 4) is 0 Å². The number of aliphatic hydroxyl groups is 1. The van der Waals surface area contributed by atoms with Gasteiger partial charge in [-0.05, 0) is 92.5 Å². The minimum absolute atomic E-state index is 0.0899. The van der Waals surface area contributed by atoms with Crippen molar-refractivity contribution >= 4 is 23.4 Å². The number of primary amides is 1.